The van der Waals surface area contributed by atoms with Crippen LogP contribution in [0, 0.1) is 0 Å². The molecule has 0 aromatic carbocycles. The second-order valence-corrected chi connectivity index (χ2v) is 18.0. The van der Waals surface area contributed by atoms with E-state index in [1.165, 1.54) is 22.7 Å². The average molecular weight is 1090 g/mol. The van der Waals surface area contributed by atoms with Gasteiger partial charge in [0.15, 0.2) is 0 Å². The van der Waals surface area contributed by atoms with Crippen LogP contribution in [0.2, 0.25) is 0 Å². The number of nitrogens with zero attached hydrogens (tertiary/aromatic N) is 4. The number of aryl methyl sites for hydroxylation is 2. The predicted octanol–water partition coefficient (Wildman–Crippen LogP) is 9.22. The molecule has 6 N–H and O–H groups in total. The molecular weight excluding hydrogens is 1010 g/mol. The average Bonchev–Trinajstić information content (AvgIpc) is 3.99. The standard InChI is InChI=1S/C16H21BrN4O2S.C11H20N4O.C6H4.C5H3BrO2S.6CH4.B6.4H2/c1-20(2)8-4-7-18-15(22)12-9-11(10-21(12)3)19-16(23)13-5-6-14(17)24-13;1-14(2)6-4-5-13-11(16)10-7-9(12)8-15(10)3;1-3-5-6-4-2;6-4-2-1-3(9-4)5(7)8;;;;;;;1-5(2)6(3)4;;;;/h5-6,9-10H,4,7-8H2,1-3H3,(H,18,22)(H,19,23);7-8H,4-6,12H2,1-3H3,(H,13,16);1-2H2;1-2H,(H,7,8);6*1H4;;4*1H. The molecule has 13 nitrogen and oxygen atoms in total. The maximum Gasteiger partial charge on any atom is 0.345 e. The van der Waals surface area contributed by atoms with Crippen LogP contribution < -0.4 is 21.7 Å². The van der Waals surface area contributed by atoms with E-state index in [0.717, 1.165) is 33.5 Å². The monoisotopic (exact) mass is 1090 g/mol. The first-order chi connectivity index (χ1) is 28.6. The lowest BCUT2D eigenvalue weighted by atomic mass is 8.81. The van der Waals surface area contributed by atoms with Crippen LogP contribution in [-0.2, 0) is 14.1 Å². The molecular formula is C44H80B6Br2N8O5S2. The summed E-state index contributed by atoms with van der Waals surface area (Å²) in [6.45, 7) is 9.65. The lowest BCUT2D eigenvalue weighted by molar-refractivity contribution is 0.0701. The first-order valence-electron chi connectivity index (χ1n) is 18.2. The number of carboxylic acids is 1. The van der Waals surface area contributed by atoms with Gasteiger partial charge in [0, 0.05) is 89.0 Å². The van der Waals surface area contributed by atoms with E-state index in [0.29, 0.717) is 45.6 Å². The molecule has 67 heavy (non-hydrogen) atoms. The molecule has 0 atom stereocenters. The van der Waals surface area contributed by atoms with E-state index >= 15 is 0 Å². The van der Waals surface area contributed by atoms with Crippen molar-refractivity contribution < 1.29 is 30.0 Å². The van der Waals surface area contributed by atoms with Crippen LogP contribution in [0.3, 0.4) is 0 Å². The third-order valence-corrected chi connectivity index (χ3v) is 10.4. The van der Waals surface area contributed by atoms with Gasteiger partial charge in [-0.05, 0) is 147 Å². The summed E-state index contributed by atoms with van der Waals surface area (Å²) in [4.78, 5) is 51.4. The number of carbonyl (C=O) groups excluding carboxylic acids is 3. The summed E-state index contributed by atoms with van der Waals surface area (Å²) in [7, 11) is 31.5. The molecule has 4 aromatic heterocycles. The molecule has 0 aliphatic carbocycles. The molecule has 0 aliphatic heterocycles. The highest BCUT2D eigenvalue weighted by molar-refractivity contribution is 9.11. The van der Waals surface area contributed by atoms with Gasteiger partial charge in [0.05, 0.1) is 23.8 Å². The number of amides is 3. The van der Waals surface area contributed by atoms with Gasteiger partial charge in [-0.15, -0.1) is 22.7 Å². The van der Waals surface area contributed by atoms with Crippen molar-refractivity contribution in [2.75, 3.05) is 65.4 Å². The van der Waals surface area contributed by atoms with E-state index in [1.54, 1.807) is 58.9 Å². The quantitative estimate of drug-likeness (QED) is 0.0474. The smallest absolute Gasteiger partial charge is 0.345 e. The Morgan fingerprint density at radius 3 is 1.40 bits per heavy atom. The van der Waals surface area contributed by atoms with E-state index in [2.05, 4.69) is 93.7 Å². The fourth-order valence-corrected chi connectivity index (χ4v) is 6.70. The number of anilines is 2. The van der Waals surface area contributed by atoms with Crippen LogP contribution in [0.25, 0.3) is 0 Å². The summed E-state index contributed by atoms with van der Waals surface area (Å²) in [5, 5.41) is 17.0. The van der Waals surface area contributed by atoms with Gasteiger partial charge in [-0.25, -0.2) is 4.79 Å². The fourth-order valence-electron chi connectivity index (χ4n) is 4.20. The van der Waals surface area contributed by atoms with E-state index in [9.17, 15) is 19.2 Å². The molecule has 0 saturated heterocycles. The Morgan fingerprint density at radius 1 is 0.716 bits per heavy atom. The number of hydrogen-bond acceptors (Lipinski definition) is 9. The molecule has 4 rings (SSSR count). The lowest BCUT2D eigenvalue weighted by Crippen LogP contribution is -2.38. The number of nitrogens with one attached hydrogen (secondary N) is 3. The molecule has 4 heterocycles. The number of carboxylic acid groups (broad SMARTS) is 1. The third kappa shape index (κ3) is 35.6. The molecule has 3 amide bonds. The summed E-state index contributed by atoms with van der Waals surface area (Å²) in [6.07, 6.45) is 4.11. The van der Waals surface area contributed by atoms with Crippen LogP contribution >= 0.6 is 54.5 Å². The van der Waals surface area contributed by atoms with Gasteiger partial charge in [0.2, 0.25) is 0 Å². The molecule has 0 aliphatic rings. The molecule has 0 spiro atoms. The minimum absolute atomic E-state index is 0. The van der Waals surface area contributed by atoms with Gasteiger partial charge in [-0.2, -0.15) is 0 Å². The molecule has 0 unspecified atom stereocenters. The number of nitrogens with two attached hydrogens (primary N) is 1. The number of carbonyl (C=O) groups is 4. The van der Waals surface area contributed by atoms with Crippen molar-refractivity contribution in [2.45, 2.75) is 57.4 Å². The molecule has 370 valence electrons. The minimum atomic E-state index is -0.870. The lowest BCUT2D eigenvalue weighted by Gasteiger charge is -2.10. The maximum absolute atomic E-state index is 12.2. The zero-order valence-corrected chi connectivity index (χ0v) is 40.1. The zero-order chi connectivity index (χ0) is 46.7. The van der Waals surface area contributed by atoms with Crippen LogP contribution in [0.4, 0.5) is 11.4 Å². The normalized spacial score (nSPS) is 8.69. The Balaban J connectivity index is -0.0000000748. The zero-order valence-electron chi connectivity index (χ0n) is 35.3. The Kier molecular flexibility index (Phi) is 49.5. The van der Waals surface area contributed by atoms with E-state index in [1.807, 2.05) is 41.3 Å². The first kappa shape index (κ1) is 77.0. The van der Waals surface area contributed by atoms with Crippen molar-refractivity contribution in [2.24, 2.45) is 14.1 Å². The number of aromatic nitrogens is 2. The molecule has 23 heteroatoms. The first-order valence-corrected chi connectivity index (χ1v) is 21.4. The van der Waals surface area contributed by atoms with Gasteiger partial charge in [0.25, 0.3) is 17.7 Å². The Morgan fingerprint density at radius 2 is 1.10 bits per heavy atom. The molecule has 8 radical (unpaired) electrons. The fraction of sp³-hybridized carbons (Fsp3) is 0.409. The molecule has 0 saturated carbocycles. The van der Waals surface area contributed by atoms with Gasteiger partial charge in [-0.3, -0.25) is 14.4 Å². The Bertz CT molecular complexity index is 2130. The predicted molar refractivity (Wildman–Crippen MR) is 314 cm³/mol. The topological polar surface area (TPSA) is 167 Å². The van der Waals surface area contributed by atoms with Crippen molar-refractivity contribution in [3.8, 4) is 0 Å². The van der Waals surface area contributed by atoms with Crippen molar-refractivity contribution in [3.63, 3.8) is 0 Å². The Hall–Kier alpha value is -4.23. The van der Waals surface area contributed by atoms with Crippen molar-refractivity contribution in [3.05, 3.63) is 114 Å². The van der Waals surface area contributed by atoms with Gasteiger partial charge in [0.1, 0.15) is 16.3 Å². The second-order valence-electron chi connectivity index (χ2n) is 13.0. The van der Waals surface area contributed by atoms with Crippen molar-refractivity contribution in [1.82, 2.24) is 29.6 Å². The van der Waals surface area contributed by atoms with Crippen molar-refractivity contribution >= 4 is 133 Å². The third-order valence-electron chi connectivity index (χ3n) is 7.15. The van der Waals surface area contributed by atoms with E-state index in [4.69, 9.17) is 41.8 Å². The summed E-state index contributed by atoms with van der Waals surface area (Å²) >= 11 is 9.07. The highest BCUT2D eigenvalue weighted by atomic mass is 79.9. The number of aromatic carboxylic acids is 1. The second kappa shape index (κ2) is 43.1. The summed E-state index contributed by atoms with van der Waals surface area (Å²) < 4.78 is 5.19. The molecule has 4 aromatic rings. The number of halogens is 2. The highest BCUT2D eigenvalue weighted by Gasteiger charge is 2.15. The van der Waals surface area contributed by atoms with Gasteiger partial charge in [-0.1, -0.05) is 56.0 Å². The number of thiophene rings is 2. The number of nitrogen functional groups attached to an aromatic ring is 1. The van der Waals surface area contributed by atoms with Crippen LogP contribution in [-0.4, -0.2) is 146 Å². The van der Waals surface area contributed by atoms with E-state index < -0.39 is 18.7 Å². The summed E-state index contributed by atoms with van der Waals surface area (Å²) in [5.74, 6) is -1.27. The van der Waals surface area contributed by atoms with E-state index in [-0.39, 0.29) is 68.0 Å². The number of hydrogen-bond donors (Lipinski definition) is 5. The van der Waals surface area contributed by atoms with Crippen LogP contribution in [0.1, 0.15) is 103 Å². The minimum Gasteiger partial charge on any atom is -0.477 e. The summed E-state index contributed by atoms with van der Waals surface area (Å²) in [5.41, 5.74) is 17.5. The highest BCUT2D eigenvalue weighted by Crippen LogP contribution is 2.24. The largest absolute Gasteiger partial charge is 0.477 e. The summed E-state index contributed by atoms with van der Waals surface area (Å²) in [6, 6.07) is 10.2. The Labute approximate surface area is 440 Å². The maximum atomic E-state index is 12.2. The van der Waals surface area contributed by atoms with Crippen molar-refractivity contribution in [1.29, 1.82) is 0 Å². The van der Waals surface area contributed by atoms with Crippen LogP contribution in [0.5, 0.6) is 0 Å². The number of rotatable bonds is 14. The van der Waals surface area contributed by atoms with Crippen LogP contribution in [0.15, 0.2) is 92.4 Å². The molecule has 0 fully saturated rings. The molecule has 0 bridgehead atoms. The van der Waals surface area contributed by atoms with Gasteiger partial charge >= 0.3 is 5.97 Å². The van der Waals surface area contributed by atoms with Gasteiger partial charge < -0.3 is 45.7 Å². The SMILES string of the molecule is C.C.C.C.C.C.C=C=C=C=C=C.CN(C)CCCNC(=O)c1cc(N)cn1C.CN(C)CCCNC(=O)c1cc(NC(=O)c2ccc(Br)s2)cn1C.O=C(O)c1ccc(Br)s1.[B]B([B])B([B])[B].[HH].[HH].[HH].[HH].